The highest BCUT2D eigenvalue weighted by molar-refractivity contribution is 7.98. The Bertz CT molecular complexity index is 1040. The second-order valence-electron chi connectivity index (χ2n) is 6.31. The molecule has 150 valence electrons. The number of fused-ring (bicyclic) bond motifs is 1. The number of halogens is 1. The molecule has 0 amide bonds. The second-order valence-corrected chi connectivity index (χ2v) is 7.28. The van der Waals surface area contributed by atoms with E-state index in [0.717, 1.165) is 5.69 Å². The first-order chi connectivity index (χ1) is 14.1. The molecule has 0 fully saturated rings. The van der Waals surface area contributed by atoms with Crippen LogP contribution < -0.4 is 4.74 Å². The molecule has 9 heteroatoms. The fraction of sp³-hybridized carbons (Fsp3) is 0.250. The maximum atomic E-state index is 13.9. The number of nitrogens with zero attached hydrogens (tertiary/aromatic N) is 2. The predicted molar refractivity (Wildman–Crippen MR) is 101 cm³/mol. The summed E-state index contributed by atoms with van der Waals surface area (Å²) in [7, 11) is 0. The number of benzene rings is 1. The molecule has 1 aliphatic rings. The molecule has 7 nitrogen and oxygen atoms in total. The topological polar surface area (TPSA) is 83.7 Å². The molecule has 3 heterocycles. The lowest BCUT2D eigenvalue weighted by Crippen LogP contribution is -2.15. The van der Waals surface area contributed by atoms with Crippen molar-refractivity contribution in [3.05, 3.63) is 70.5 Å². The Hall–Kier alpha value is -2.91. The normalized spacial score (nSPS) is 12.9. The third-order valence-electron chi connectivity index (χ3n) is 4.14. The fourth-order valence-electron chi connectivity index (χ4n) is 2.87. The van der Waals surface area contributed by atoms with Gasteiger partial charge in [0.05, 0.1) is 17.9 Å². The first kappa shape index (κ1) is 19.4. The van der Waals surface area contributed by atoms with E-state index in [1.165, 1.54) is 23.9 Å². The summed E-state index contributed by atoms with van der Waals surface area (Å²) < 4.78 is 34.9. The SMILES string of the molecule is Cc1cc(CSc2ncccc2C(=O)OCc2cc(F)cc3c2OCOC3)no1. The molecular formula is C20H17FN2O5S. The summed E-state index contributed by atoms with van der Waals surface area (Å²) in [6.45, 7) is 2.01. The van der Waals surface area contributed by atoms with Gasteiger partial charge in [-0.25, -0.2) is 14.2 Å². The molecular weight excluding hydrogens is 399 g/mol. The third kappa shape index (κ3) is 4.57. The molecule has 4 rings (SSSR count). The predicted octanol–water partition coefficient (Wildman–Crippen LogP) is 4.03. The first-order valence-electron chi connectivity index (χ1n) is 8.79. The van der Waals surface area contributed by atoms with Crippen molar-refractivity contribution in [2.45, 2.75) is 30.9 Å². The number of hydrogen-bond acceptors (Lipinski definition) is 8. The largest absolute Gasteiger partial charge is 0.467 e. The molecule has 0 radical (unpaired) electrons. The lowest BCUT2D eigenvalue weighted by Gasteiger charge is -2.20. The van der Waals surface area contributed by atoms with Crippen molar-refractivity contribution in [1.82, 2.24) is 10.1 Å². The summed E-state index contributed by atoms with van der Waals surface area (Å²) in [4.78, 5) is 16.9. The molecule has 3 aromatic rings. The Morgan fingerprint density at radius 2 is 2.24 bits per heavy atom. The van der Waals surface area contributed by atoms with E-state index in [9.17, 15) is 9.18 Å². The monoisotopic (exact) mass is 416 g/mol. The Morgan fingerprint density at radius 1 is 1.34 bits per heavy atom. The third-order valence-corrected chi connectivity index (χ3v) is 5.17. The number of rotatable bonds is 6. The molecule has 29 heavy (non-hydrogen) atoms. The van der Waals surface area contributed by atoms with Gasteiger partial charge in [-0.1, -0.05) is 16.9 Å². The van der Waals surface area contributed by atoms with Crippen molar-refractivity contribution in [3.63, 3.8) is 0 Å². The quantitative estimate of drug-likeness (QED) is 0.440. The standard InChI is InChI=1S/C20H17FN2O5S/c1-12-5-16(23-28-12)10-29-19-17(3-2-4-22-19)20(24)26-9-14-7-15(21)6-13-8-25-11-27-18(13)14/h2-7H,8-11H2,1H3. The number of ether oxygens (including phenoxy) is 3. The van der Waals surface area contributed by atoms with Crippen LogP contribution in [0.4, 0.5) is 4.39 Å². The minimum Gasteiger partial charge on any atom is -0.467 e. The summed E-state index contributed by atoms with van der Waals surface area (Å²) in [6, 6.07) is 7.76. The Kier molecular flexibility index (Phi) is 5.77. The Balaban J connectivity index is 1.46. The van der Waals surface area contributed by atoms with E-state index in [4.69, 9.17) is 18.7 Å². The lowest BCUT2D eigenvalue weighted by molar-refractivity contribution is -0.0183. The van der Waals surface area contributed by atoms with Crippen LogP contribution in [0.5, 0.6) is 5.75 Å². The van der Waals surface area contributed by atoms with Crippen LogP contribution in [0.1, 0.15) is 32.9 Å². The van der Waals surface area contributed by atoms with Crippen LogP contribution in [0.2, 0.25) is 0 Å². The van der Waals surface area contributed by atoms with Gasteiger partial charge in [0.1, 0.15) is 29.0 Å². The molecule has 0 spiro atoms. The average molecular weight is 416 g/mol. The number of esters is 1. The highest BCUT2D eigenvalue weighted by atomic mass is 32.2. The van der Waals surface area contributed by atoms with Gasteiger partial charge in [-0.05, 0) is 31.2 Å². The van der Waals surface area contributed by atoms with Gasteiger partial charge in [0, 0.05) is 29.1 Å². The van der Waals surface area contributed by atoms with Crippen LogP contribution in [-0.2, 0) is 28.4 Å². The highest BCUT2D eigenvalue weighted by Gasteiger charge is 2.20. The maximum Gasteiger partial charge on any atom is 0.341 e. The van der Waals surface area contributed by atoms with E-state index in [2.05, 4.69) is 10.1 Å². The van der Waals surface area contributed by atoms with Crippen molar-refractivity contribution >= 4 is 17.7 Å². The van der Waals surface area contributed by atoms with E-state index in [1.807, 2.05) is 13.0 Å². The van der Waals surface area contributed by atoms with Gasteiger partial charge in [-0.2, -0.15) is 0 Å². The van der Waals surface area contributed by atoms with Gasteiger partial charge >= 0.3 is 5.97 Å². The molecule has 0 unspecified atom stereocenters. The number of hydrogen-bond donors (Lipinski definition) is 0. The molecule has 0 aliphatic carbocycles. The van der Waals surface area contributed by atoms with Gasteiger partial charge in [0.2, 0.25) is 0 Å². The zero-order valence-electron chi connectivity index (χ0n) is 15.5. The molecule has 1 aromatic carbocycles. The van der Waals surface area contributed by atoms with Crippen LogP contribution >= 0.6 is 11.8 Å². The van der Waals surface area contributed by atoms with E-state index in [1.54, 1.807) is 18.3 Å². The number of pyridine rings is 1. The summed E-state index contributed by atoms with van der Waals surface area (Å²) in [5.41, 5.74) is 2.12. The van der Waals surface area contributed by atoms with Crippen molar-refractivity contribution in [2.24, 2.45) is 0 Å². The first-order valence-corrected chi connectivity index (χ1v) is 9.77. The zero-order chi connectivity index (χ0) is 20.2. The van der Waals surface area contributed by atoms with Crippen molar-refractivity contribution in [2.75, 3.05) is 6.79 Å². The molecule has 0 bridgehead atoms. The second kappa shape index (κ2) is 8.62. The van der Waals surface area contributed by atoms with Crippen LogP contribution in [0.15, 0.2) is 46.1 Å². The highest BCUT2D eigenvalue weighted by Crippen LogP contribution is 2.30. The van der Waals surface area contributed by atoms with E-state index >= 15 is 0 Å². The minimum absolute atomic E-state index is 0.0739. The van der Waals surface area contributed by atoms with Gasteiger partial charge in [-0.15, -0.1) is 0 Å². The number of carbonyl (C=O) groups is 1. The number of carbonyl (C=O) groups excluding carboxylic acids is 1. The lowest BCUT2D eigenvalue weighted by atomic mass is 10.1. The van der Waals surface area contributed by atoms with Crippen molar-refractivity contribution < 1.29 is 27.9 Å². The summed E-state index contributed by atoms with van der Waals surface area (Å²) in [5.74, 6) is 0.714. The maximum absolute atomic E-state index is 13.9. The molecule has 1 aliphatic heterocycles. The van der Waals surface area contributed by atoms with Crippen LogP contribution in [0.25, 0.3) is 0 Å². The Labute approximate surface area is 170 Å². The van der Waals surface area contributed by atoms with E-state index in [-0.39, 0.29) is 20.0 Å². The van der Waals surface area contributed by atoms with Crippen molar-refractivity contribution in [3.8, 4) is 5.75 Å². The molecule has 0 saturated heterocycles. The number of aryl methyl sites for hydroxylation is 1. The van der Waals surface area contributed by atoms with Crippen LogP contribution in [0.3, 0.4) is 0 Å². The number of thioether (sulfide) groups is 1. The van der Waals surface area contributed by atoms with E-state index < -0.39 is 11.8 Å². The number of aromatic nitrogens is 2. The summed E-state index contributed by atoms with van der Waals surface area (Å²) in [5, 5.41) is 4.45. The molecule has 2 aromatic heterocycles. The molecule has 0 atom stereocenters. The van der Waals surface area contributed by atoms with E-state index in [0.29, 0.717) is 39.0 Å². The van der Waals surface area contributed by atoms with Crippen LogP contribution in [0, 0.1) is 12.7 Å². The Morgan fingerprint density at radius 3 is 3.07 bits per heavy atom. The smallest absolute Gasteiger partial charge is 0.341 e. The molecule has 0 saturated carbocycles. The summed E-state index contributed by atoms with van der Waals surface area (Å²) in [6.07, 6.45) is 1.60. The van der Waals surface area contributed by atoms with Gasteiger partial charge in [0.15, 0.2) is 6.79 Å². The minimum atomic E-state index is -0.554. The van der Waals surface area contributed by atoms with Gasteiger partial charge in [-0.3, -0.25) is 0 Å². The van der Waals surface area contributed by atoms with Gasteiger partial charge in [0.25, 0.3) is 0 Å². The zero-order valence-corrected chi connectivity index (χ0v) is 16.3. The van der Waals surface area contributed by atoms with Crippen molar-refractivity contribution in [1.29, 1.82) is 0 Å². The average Bonchev–Trinajstić information content (AvgIpc) is 3.15. The fourth-order valence-corrected chi connectivity index (χ4v) is 3.74. The van der Waals surface area contributed by atoms with Crippen LogP contribution in [-0.4, -0.2) is 22.9 Å². The summed E-state index contributed by atoms with van der Waals surface area (Å²) >= 11 is 1.35. The van der Waals surface area contributed by atoms with Gasteiger partial charge < -0.3 is 18.7 Å². The molecule has 0 N–H and O–H groups in total.